The molecule has 0 saturated carbocycles. The lowest BCUT2D eigenvalue weighted by Crippen LogP contribution is -2.58. The van der Waals surface area contributed by atoms with Crippen molar-refractivity contribution in [3.05, 3.63) is 0 Å². The van der Waals surface area contributed by atoms with E-state index in [-0.39, 0.29) is 5.25 Å². The van der Waals surface area contributed by atoms with Gasteiger partial charge in [-0.05, 0) is 20.3 Å². The predicted molar refractivity (Wildman–Crippen MR) is 50.3 cm³/mol. The van der Waals surface area contributed by atoms with Crippen molar-refractivity contribution in [3.63, 3.8) is 0 Å². The average Bonchev–Trinajstić information content (AvgIpc) is 1.80. The number of nitrogens with two attached hydrogens (primary N) is 1. The second-order valence-corrected chi connectivity index (χ2v) is 6.01. The van der Waals surface area contributed by atoms with Gasteiger partial charge in [-0.15, -0.1) is 0 Å². The first-order valence-electron chi connectivity index (χ1n) is 4.21. The van der Waals surface area contributed by atoms with Crippen LogP contribution in [0.15, 0.2) is 0 Å². The SMILES string of the molecule is CC(C)S(=N)(=O)N1CCC1C(N)=O. The number of amides is 1. The lowest BCUT2D eigenvalue weighted by Gasteiger charge is -2.40. The molecular weight excluding hydrogens is 190 g/mol. The molecule has 13 heavy (non-hydrogen) atoms. The molecule has 3 N–H and O–H groups in total. The largest absolute Gasteiger partial charge is 0.368 e. The number of nitrogens with zero attached hydrogens (tertiary/aromatic N) is 1. The molecule has 1 aliphatic heterocycles. The molecule has 0 aromatic carbocycles. The molecule has 1 fully saturated rings. The second kappa shape index (κ2) is 3.26. The number of carbonyl (C=O) groups excluding carboxylic acids is 1. The summed E-state index contributed by atoms with van der Waals surface area (Å²) >= 11 is 0. The third-order valence-corrected chi connectivity index (χ3v) is 4.70. The molecule has 0 bridgehead atoms. The molecule has 2 unspecified atom stereocenters. The molecule has 1 saturated heterocycles. The van der Waals surface area contributed by atoms with Crippen LogP contribution >= 0.6 is 0 Å². The Hall–Kier alpha value is -0.620. The van der Waals surface area contributed by atoms with E-state index in [2.05, 4.69) is 0 Å². The molecule has 5 nitrogen and oxygen atoms in total. The Morgan fingerprint density at radius 1 is 1.69 bits per heavy atom. The smallest absolute Gasteiger partial charge is 0.235 e. The standard InChI is InChI=1S/C7H15N3O2S/c1-5(2)13(9,12)10-4-3-6(10)7(8)11/h5-6,9H,3-4H2,1-2H3,(H2,8,11). The van der Waals surface area contributed by atoms with Gasteiger partial charge in [0.2, 0.25) is 5.91 Å². The Labute approximate surface area is 78.4 Å². The van der Waals surface area contributed by atoms with Crippen LogP contribution in [0.4, 0.5) is 0 Å². The second-order valence-electron chi connectivity index (χ2n) is 3.46. The number of hydrogen-bond donors (Lipinski definition) is 2. The van der Waals surface area contributed by atoms with Crippen LogP contribution < -0.4 is 5.73 Å². The van der Waals surface area contributed by atoms with E-state index in [0.29, 0.717) is 13.0 Å². The zero-order valence-corrected chi connectivity index (χ0v) is 8.63. The van der Waals surface area contributed by atoms with E-state index in [1.54, 1.807) is 13.8 Å². The van der Waals surface area contributed by atoms with E-state index in [4.69, 9.17) is 10.5 Å². The summed E-state index contributed by atoms with van der Waals surface area (Å²) in [6.45, 7) is 3.96. The quantitative estimate of drug-likeness (QED) is 0.675. The van der Waals surface area contributed by atoms with Gasteiger partial charge in [0.25, 0.3) is 0 Å². The average molecular weight is 205 g/mol. The van der Waals surface area contributed by atoms with Gasteiger partial charge in [-0.1, -0.05) is 0 Å². The number of carbonyl (C=O) groups is 1. The minimum absolute atomic E-state index is 0.269. The molecule has 0 spiro atoms. The molecule has 0 aromatic rings. The normalized spacial score (nSPS) is 28.1. The first-order chi connectivity index (χ1) is 5.87. The van der Waals surface area contributed by atoms with Gasteiger partial charge < -0.3 is 5.73 Å². The first-order valence-corrected chi connectivity index (χ1v) is 5.79. The molecule has 1 amide bonds. The Morgan fingerprint density at radius 3 is 2.46 bits per heavy atom. The maximum atomic E-state index is 11.8. The minimum atomic E-state index is -2.80. The van der Waals surface area contributed by atoms with Crippen molar-refractivity contribution in [2.75, 3.05) is 6.54 Å². The summed E-state index contributed by atoms with van der Waals surface area (Å²) in [6.07, 6.45) is 0.623. The van der Waals surface area contributed by atoms with Crippen molar-refractivity contribution in [2.45, 2.75) is 31.6 Å². The van der Waals surface area contributed by atoms with Crippen molar-refractivity contribution >= 4 is 15.8 Å². The third-order valence-electron chi connectivity index (χ3n) is 2.29. The number of hydrogen-bond acceptors (Lipinski definition) is 3. The maximum absolute atomic E-state index is 11.8. The van der Waals surface area contributed by atoms with E-state index in [1.165, 1.54) is 4.31 Å². The highest BCUT2D eigenvalue weighted by Gasteiger charge is 2.39. The topological polar surface area (TPSA) is 87.2 Å². The predicted octanol–water partition coefficient (Wildman–Crippen LogP) is -0.0838. The summed E-state index contributed by atoms with van der Waals surface area (Å²) in [5.41, 5.74) is 5.10. The van der Waals surface area contributed by atoms with Crippen molar-refractivity contribution in [1.29, 1.82) is 4.78 Å². The van der Waals surface area contributed by atoms with E-state index in [0.717, 1.165) is 0 Å². The monoisotopic (exact) mass is 205 g/mol. The summed E-state index contributed by atoms with van der Waals surface area (Å²) in [5.74, 6) is -0.480. The van der Waals surface area contributed by atoms with Crippen LogP contribution in [-0.2, 0) is 14.7 Å². The molecule has 1 aliphatic rings. The molecule has 0 radical (unpaired) electrons. The number of rotatable bonds is 3. The van der Waals surface area contributed by atoms with Crippen molar-refractivity contribution in [2.24, 2.45) is 5.73 Å². The fourth-order valence-corrected chi connectivity index (χ4v) is 2.75. The fourth-order valence-electron chi connectivity index (χ4n) is 1.24. The van der Waals surface area contributed by atoms with Gasteiger partial charge in [-0.2, -0.15) is 0 Å². The van der Waals surface area contributed by atoms with Gasteiger partial charge in [0.05, 0.1) is 5.25 Å². The van der Waals surface area contributed by atoms with E-state index < -0.39 is 21.9 Å². The molecule has 76 valence electrons. The summed E-state index contributed by atoms with van der Waals surface area (Å²) in [5, 5.41) is -0.269. The zero-order chi connectivity index (χ0) is 10.2. The van der Waals surface area contributed by atoms with Crippen molar-refractivity contribution in [3.8, 4) is 0 Å². The molecular formula is C7H15N3O2S. The Bertz CT molecular complexity index is 310. The molecule has 0 aliphatic carbocycles. The highest BCUT2D eigenvalue weighted by molar-refractivity contribution is 7.90. The zero-order valence-electron chi connectivity index (χ0n) is 7.82. The van der Waals surface area contributed by atoms with Gasteiger partial charge in [0, 0.05) is 6.54 Å². The summed E-state index contributed by atoms with van der Waals surface area (Å²) in [6, 6.07) is -0.493. The lowest BCUT2D eigenvalue weighted by molar-refractivity contribution is -0.124. The first kappa shape index (κ1) is 10.5. The highest BCUT2D eigenvalue weighted by Crippen LogP contribution is 2.24. The van der Waals surface area contributed by atoms with Crippen LogP contribution in [0.5, 0.6) is 0 Å². The van der Waals surface area contributed by atoms with Crippen LogP contribution in [-0.4, -0.2) is 32.3 Å². The Kier molecular flexibility index (Phi) is 2.63. The lowest BCUT2D eigenvalue weighted by atomic mass is 10.1. The van der Waals surface area contributed by atoms with Gasteiger partial charge in [-0.25, -0.2) is 13.3 Å². The van der Waals surface area contributed by atoms with E-state index >= 15 is 0 Å². The molecule has 6 heteroatoms. The Morgan fingerprint density at radius 2 is 2.23 bits per heavy atom. The molecule has 0 aromatic heterocycles. The van der Waals surface area contributed by atoms with Gasteiger partial charge in [-0.3, -0.25) is 4.79 Å². The summed E-state index contributed by atoms with van der Waals surface area (Å²) in [4.78, 5) is 10.8. The van der Waals surface area contributed by atoms with E-state index in [9.17, 15) is 9.00 Å². The van der Waals surface area contributed by atoms with Gasteiger partial charge >= 0.3 is 0 Å². The number of primary amides is 1. The van der Waals surface area contributed by atoms with Crippen LogP contribution in [0.1, 0.15) is 20.3 Å². The summed E-state index contributed by atoms with van der Waals surface area (Å²) < 4.78 is 20.8. The van der Waals surface area contributed by atoms with Crippen molar-refractivity contribution < 1.29 is 9.00 Å². The molecule has 1 heterocycles. The van der Waals surface area contributed by atoms with E-state index in [1.807, 2.05) is 0 Å². The number of nitrogens with one attached hydrogen (secondary N) is 1. The van der Waals surface area contributed by atoms with Gasteiger partial charge in [0.1, 0.15) is 16.0 Å². The highest BCUT2D eigenvalue weighted by atomic mass is 32.2. The summed E-state index contributed by atoms with van der Waals surface area (Å²) in [7, 11) is -2.80. The maximum Gasteiger partial charge on any atom is 0.235 e. The van der Waals surface area contributed by atoms with Crippen LogP contribution in [0.3, 0.4) is 0 Å². The van der Waals surface area contributed by atoms with Crippen LogP contribution in [0.2, 0.25) is 0 Å². The van der Waals surface area contributed by atoms with Crippen molar-refractivity contribution in [1.82, 2.24) is 4.31 Å². The minimum Gasteiger partial charge on any atom is -0.368 e. The molecule has 1 rings (SSSR count). The van der Waals surface area contributed by atoms with Gasteiger partial charge in [0.15, 0.2) is 0 Å². The van der Waals surface area contributed by atoms with Crippen LogP contribution in [0, 0.1) is 4.78 Å². The molecule has 2 atom stereocenters. The third kappa shape index (κ3) is 1.68. The van der Waals surface area contributed by atoms with Crippen LogP contribution in [0.25, 0.3) is 0 Å². The Balaban J connectivity index is 2.80. The fraction of sp³-hybridized carbons (Fsp3) is 0.857.